The van der Waals surface area contributed by atoms with Crippen LogP contribution >= 0.6 is 0 Å². The van der Waals surface area contributed by atoms with Crippen LogP contribution in [0.15, 0.2) is 36.8 Å². The molecule has 1 saturated heterocycles. The van der Waals surface area contributed by atoms with E-state index in [1.54, 1.807) is 4.90 Å². The van der Waals surface area contributed by atoms with E-state index in [4.69, 9.17) is 5.73 Å². The molecule has 0 radical (unpaired) electrons. The first-order valence-electron chi connectivity index (χ1n) is 12.4. The smallest absolute Gasteiger partial charge is 0.381 e. The number of anilines is 3. The zero-order valence-electron chi connectivity index (χ0n) is 22.4. The Hall–Kier alpha value is -5.25. The average Bonchev–Trinajstić information content (AvgIpc) is 2.98. The number of alkyl halides is 6. The molecule has 0 aliphatic carbocycles. The van der Waals surface area contributed by atoms with Crippen LogP contribution in [0.1, 0.15) is 16.8 Å². The summed E-state index contributed by atoms with van der Waals surface area (Å²) in [5, 5.41) is 19.8. The molecule has 232 valence electrons. The maximum absolute atomic E-state index is 14.0. The summed E-state index contributed by atoms with van der Waals surface area (Å²) in [7, 11) is 0. The highest BCUT2D eigenvalue weighted by Crippen LogP contribution is 2.41. The van der Waals surface area contributed by atoms with Gasteiger partial charge in [-0.2, -0.15) is 37.1 Å². The van der Waals surface area contributed by atoms with Crippen molar-refractivity contribution in [2.45, 2.75) is 24.9 Å². The number of aliphatic hydroxyl groups is 1. The maximum atomic E-state index is 14.0. The largest absolute Gasteiger partial charge is 0.493 e. The molecule has 0 saturated carbocycles. The van der Waals surface area contributed by atoms with Crippen LogP contribution in [0.2, 0.25) is 0 Å². The third-order valence-electron chi connectivity index (χ3n) is 6.58. The van der Waals surface area contributed by atoms with Crippen molar-refractivity contribution in [2.24, 2.45) is 0 Å². The van der Waals surface area contributed by atoms with Gasteiger partial charge in [0.05, 0.1) is 11.9 Å². The number of hydrogen-bond acceptors (Lipinski definition) is 12. The first-order chi connectivity index (χ1) is 20.6. The lowest BCUT2D eigenvalue weighted by Gasteiger charge is -2.36. The van der Waals surface area contributed by atoms with E-state index in [9.17, 15) is 46.3 Å². The number of hydroxylamine groups is 1. The third kappa shape index (κ3) is 6.10. The van der Waals surface area contributed by atoms with E-state index < -0.39 is 35.4 Å². The van der Waals surface area contributed by atoms with Crippen LogP contribution in [-0.2, 0) is 20.0 Å². The molecule has 1 aliphatic rings. The summed E-state index contributed by atoms with van der Waals surface area (Å²) in [5.41, 5.74) is 1.66. The number of rotatable bonds is 5. The lowest BCUT2D eigenvalue weighted by molar-refractivity contribution is -0.262. The molecule has 1 atom stereocenters. The van der Waals surface area contributed by atoms with Crippen LogP contribution in [0.5, 0.6) is 0 Å². The highest BCUT2D eigenvalue weighted by atomic mass is 19.4. The van der Waals surface area contributed by atoms with Crippen LogP contribution in [0.25, 0.3) is 11.3 Å². The Morgan fingerprint density at radius 1 is 1.02 bits per heavy atom. The summed E-state index contributed by atoms with van der Waals surface area (Å²) in [5.74, 6) is -4.95. The Labute approximate surface area is 243 Å². The fourth-order valence-electron chi connectivity index (χ4n) is 4.29. The molecule has 1 amide bonds. The monoisotopic (exact) mass is 625 g/mol. The van der Waals surface area contributed by atoms with Gasteiger partial charge in [-0.25, -0.2) is 24.7 Å². The SMILES string of the molecule is Cc1ccc(C(O)(C(=O)NOC(=O)C(F)(F)F)C(F)(F)F)cc1-c1cnc(N)c(N2CCN(c3nccnc3C#N)CC2)n1. The number of nitrogens with one attached hydrogen (secondary N) is 1. The number of benzene rings is 1. The van der Waals surface area contributed by atoms with Gasteiger partial charge in [0.2, 0.25) is 0 Å². The van der Waals surface area contributed by atoms with E-state index in [0.29, 0.717) is 37.6 Å². The normalized spacial score (nSPS) is 15.2. The predicted octanol–water partition coefficient (Wildman–Crippen LogP) is 1.91. The van der Waals surface area contributed by atoms with Gasteiger partial charge in [0.15, 0.2) is 23.1 Å². The number of halogens is 6. The van der Waals surface area contributed by atoms with Crippen molar-refractivity contribution >= 4 is 29.3 Å². The first-order valence-corrected chi connectivity index (χ1v) is 12.4. The number of carbonyl (C=O) groups is 2. The van der Waals surface area contributed by atoms with Crippen molar-refractivity contribution in [1.82, 2.24) is 25.4 Å². The molecule has 1 aliphatic heterocycles. The maximum Gasteiger partial charge on any atom is 0.493 e. The van der Waals surface area contributed by atoms with Crippen molar-refractivity contribution in [3.63, 3.8) is 0 Å². The van der Waals surface area contributed by atoms with Crippen LogP contribution in [0.3, 0.4) is 0 Å². The van der Waals surface area contributed by atoms with E-state index >= 15 is 0 Å². The molecular weight excluding hydrogens is 604 g/mol. The molecule has 4 rings (SSSR count). The van der Waals surface area contributed by atoms with Gasteiger partial charge in [-0.05, 0) is 18.6 Å². The second-order valence-electron chi connectivity index (χ2n) is 9.33. The Bertz CT molecular complexity index is 1620. The quantitative estimate of drug-likeness (QED) is 0.277. The van der Waals surface area contributed by atoms with E-state index in [1.165, 1.54) is 19.3 Å². The highest BCUT2D eigenvalue weighted by Gasteiger charge is 2.61. The molecule has 44 heavy (non-hydrogen) atoms. The van der Waals surface area contributed by atoms with Gasteiger partial charge < -0.3 is 25.5 Å². The van der Waals surface area contributed by atoms with Crippen LogP contribution in [-0.4, -0.2) is 75.5 Å². The molecule has 1 aromatic carbocycles. The number of aryl methyl sites for hydroxylation is 1. The van der Waals surface area contributed by atoms with Gasteiger partial charge in [0.1, 0.15) is 6.07 Å². The molecule has 0 spiro atoms. The van der Waals surface area contributed by atoms with Gasteiger partial charge in [-0.3, -0.25) is 4.79 Å². The minimum absolute atomic E-state index is 0.00845. The summed E-state index contributed by atoms with van der Waals surface area (Å²) in [4.78, 5) is 47.0. The van der Waals surface area contributed by atoms with Crippen molar-refractivity contribution in [3.05, 3.63) is 53.6 Å². The van der Waals surface area contributed by atoms with Gasteiger partial charge in [-0.1, -0.05) is 12.1 Å². The molecule has 4 N–H and O–H groups in total. The number of nitrogens with zero attached hydrogens (tertiary/aromatic N) is 7. The summed E-state index contributed by atoms with van der Waals surface area (Å²) < 4.78 is 79.3. The zero-order chi connectivity index (χ0) is 32.4. The minimum atomic E-state index is -5.78. The van der Waals surface area contributed by atoms with Crippen LogP contribution in [0, 0.1) is 18.3 Å². The number of nitrogens with two attached hydrogens (primary N) is 1. The molecule has 3 heterocycles. The second-order valence-corrected chi connectivity index (χ2v) is 9.33. The van der Waals surface area contributed by atoms with Gasteiger partial charge in [0.25, 0.3) is 11.5 Å². The number of piperazine rings is 1. The Kier molecular flexibility index (Phi) is 8.49. The van der Waals surface area contributed by atoms with Crippen molar-refractivity contribution in [1.29, 1.82) is 5.26 Å². The second kappa shape index (κ2) is 11.8. The van der Waals surface area contributed by atoms with E-state index in [-0.39, 0.29) is 28.6 Å². The molecule has 1 unspecified atom stereocenters. The minimum Gasteiger partial charge on any atom is -0.381 e. The molecule has 1 fully saturated rings. The van der Waals surface area contributed by atoms with Gasteiger partial charge in [-0.15, -0.1) is 0 Å². The first kappa shape index (κ1) is 31.7. The Morgan fingerprint density at radius 2 is 1.64 bits per heavy atom. The average molecular weight is 625 g/mol. The topological polar surface area (TPSA) is 183 Å². The van der Waals surface area contributed by atoms with E-state index in [0.717, 1.165) is 29.9 Å². The standard InChI is InChI=1S/C25H21F6N9O4/c1-13-2-3-14(23(43,25(29,30)31)21(41)38-44-22(42)24(26,27)28)10-15(13)17-12-36-18(33)20(37-17)40-8-6-39(7-9-40)19-16(11-32)34-4-5-35-19/h2-5,10,12,43H,6-9H2,1H3,(H2,33,36)(H,38,41). The number of hydrogen-bond donors (Lipinski definition) is 3. The van der Waals surface area contributed by atoms with Gasteiger partial charge >= 0.3 is 18.3 Å². The number of amides is 1. The van der Waals surface area contributed by atoms with Crippen molar-refractivity contribution < 1.29 is 45.9 Å². The summed E-state index contributed by atoms with van der Waals surface area (Å²) in [6, 6.07) is 4.57. The molecule has 2 aromatic heterocycles. The Balaban J connectivity index is 1.63. The number of carbonyl (C=O) groups excluding carboxylic acids is 2. The van der Waals surface area contributed by atoms with E-state index in [1.807, 2.05) is 11.0 Å². The summed E-state index contributed by atoms with van der Waals surface area (Å²) >= 11 is 0. The number of aromatic nitrogens is 4. The Morgan fingerprint density at radius 3 is 2.23 bits per heavy atom. The summed E-state index contributed by atoms with van der Waals surface area (Å²) in [6.45, 7) is 2.89. The number of nitriles is 1. The predicted molar refractivity (Wildman–Crippen MR) is 138 cm³/mol. The molecule has 19 heteroatoms. The fourth-order valence-corrected chi connectivity index (χ4v) is 4.29. The zero-order valence-corrected chi connectivity index (χ0v) is 22.4. The molecular formula is C25H21F6N9O4. The van der Waals surface area contributed by atoms with Crippen molar-refractivity contribution in [2.75, 3.05) is 41.7 Å². The highest BCUT2D eigenvalue weighted by molar-refractivity contribution is 5.88. The lowest BCUT2D eigenvalue weighted by Crippen LogP contribution is -2.55. The number of nitrogen functional groups attached to an aromatic ring is 1. The van der Waals surface area contributed by atoms with Crippen LogP contribution in [0.4, 0.5) is 43.8 Å². The van der Waals surface area contributed by atoms with Crippen molar-refractivity contribution in [3.8, 4) is 17.3 Å². The van der Waals surface area contributed by atoms with Crippen LogP contribution < -0.4 is 21.0 Å². The molecule has 13 nitrogen and oxygen atoms in total. The third-order valence-corrected chi connectivity index (χ3v) is 6.58. The van der Waals surface area contributed by atoms with E-state index in [2.05, 4.69) is 24.8 Å². The lowest BCUT2D eigenvalue weighted by atomic mass is 9.89. The molecule has 3 aromatic rings. The fraction of sp³-hybridized carbons (Fsp3) is 0.320. The summed E-state index contributed by atoms with van der Waals surface area (Å²) in [6.07, 6.45) is -7.42. The van der Waals surface area contributed by atoms with Gasteiger partial charge in [0, 0.05) is 49.7 Å². The molecule has 0 bridgehead atoms.